The van der Waals surface area contributed by atoms with E-state index in [1.807, 2.05) is 37.3 Å². The quantitative estimate of drug-likeness (QED) is 0.656. The van der Waals surface area contributed by atoms with Crippen molar-refractivity contribution in [2.24, 2.45) is 0 Å². The van der Waals surface area contributed by atoms with Gasteiger partial charge in [0.1, 0.15) is 5.75 Å². The van der Waals surface area contributed by atoms with Crippen molar-refractivity contribution in [3.8, 4) is 5.75 Å². The lowest BCUT2D eigenvalue weighted by atomic mass is 10.0. The van der Waals surface area contributed by atoms with Crippen LogP contribution < -0.4 is 10.1 Å². The van der Waals surface area contributed by atoms with E-state index in [1.165, 1.54) is 0 Å². The normalized spacial score (nSPS) is 12.9. The molecule has 2 aromatic heterocycles. The molecule has 0 saturated heterocycles. The molecule has 2 N–H and O–H groups in total. The number of H-pyrrole nitrogens is 1. The predicted molar refractivity (Wildman–Crippen MR) is 110 cm³/mol. The number of nitrogens with zero attached hydrogens (tertiary/aromatic N) is 3. The third kappa shape index (κ3) is 4.17. The van der Waals surface area contributed by atoms with Gasteiger partial charge in [0, 0.05) is 23.9 Å². The van der Waals surface area contributed by atoms with Crippen molar-refractivity contribution >= 4 is 11.8 Å². The second-order valence-corrected chi connectivity index (χ2v) is 6.97. The summed E-state index contributed by atoms with van der Waals surface area (Å²) in [5.74, 6) is 0.356. The smallest absolute Gasteiger partial charge is 0.272 e. The number of benzene rings is 1. The van der Waals surface area contributed by atoms with Crippen molar-refractivity contribution in [2.45, 2.75) is 26.4 Å². The van der Waals surface area contributed by atoms with Gasteiger partial charge in [-0.05, 0) is 43.7 Å². The van der Waals surface area contributed by atoms with Crippen molar-refractivity contribution in [2.75, 3.05) is 13.2 Å². The molecular weight excluding hydrogens is 382 g/mol. The monoisotopic (exact) mass is 405 g/mol. The molecule has 0 bridgehead atoms. The highest BCUT2D eigenvalue weighted by Crippen LogP contribution is 2.23. The van der Waals surface area contributed by atoms with Gasteiger partial charge in [-0.1, -0.05) is 12.1 Å². The molecule has 3 aromatic rings. The van der Waals surface area contributed by atoms with Crippen LogP contribution in [0.1, 0.15) is 44.7 Å². The number of nitrogens with one attached hydrogen (secondary N) is 2. The number of aromatic nitrogens is 3. The van der Waals surface area contributed by atoms with Gasteiger partial charge in [0.25, 0.3) is 11.8 Å². The van der Waals surface area contributed by atoms with Crippen LogP contribution in [-0.4, -0.2) is 45.0 Å². The maximum atomic E-state index is 12.9. The summed E-state index contributed by atoms with van der Waals surface area (Å²) in [5, 5.41) is 9.98. The summed E-state index contributed by atoms with van der Waals surface area (Å²) in [6.07, 6.45) is 2.25. The lowest BCUT2D eigenvalue weighted by molar-refractivity contribution is 0.0732. The Hall–Kier alpha value is -3.68. The zero-order valence-corrected chi connectivity index (χ0v) is 16.7. The Kier molecular flexibility index (Phi) is 5.74. The standard InChI is InChI=1S/C22H23N5O3/c1-2-30-17-8-5-6-15(12-17)22(29)27-11-9-18-19(14-27)25-26-20(18)21(28)24-13-16-7-3-4-10-23-16/h3-8,10,12H,2,9,11,13-14H2,1H3,(H,24,28)(H,25,26). The van der Waals surface area contributed by atoms with E-state index < -0.39 is 0 Å². The molecule has 154 valence electrons. The highest BCUT2D eigenvalue weighted by molar-refractivity contribution is 5.96. The molecule has 1 aromatic carbocycles. The van der Waals surface area contributed by atoms with Crippen LogP contribution in [0, 0.1) is 0 Å². The predicted octanol–water partition coefficient (Wildman–Crippen LogP) is 2.33. The van der Waals surface area contributed by atoms with Crippen molar-refractivity contribution < 1.29 is 14.3 Å². The number of pyridine rings is 1. The Morgan fingerprint density at radius 3 is 2.93 bits per heavy atom. The summed E-state index contributed by atoms with van der Waals surface area (Å²) >= 11 is 0. The van der Waals surface area contributed by atoms with Gasteiger partial charge in [0.05, 0.1) is 31.1 Å². The van der Waals surface area contributed by atoms with Gasteiger partial charge in [-0.25, -0.2) is 0 Å². The molecule has 0 fully saturated rings. The molecule has 0 radical (unpaired) electrons. The maximum absolute atomic E-state index is 12.9. The molecule has 0 atom stereocenters. The number of rotatable bonds is 6. The number of hydrogen-bond acceptors (Lipinski definition) is 5. The summed E-state index contributed by atoms with van der Waals surface area (Å²) < 4.78 is 5.49. The van der Waals surface area contributed by atoms with Gasteiger partial charge in [-0.3, -0.25) is 19.7 Å². The molecule has 4 rings (SSSR count). The third-order valence-electron chi connectivity index (χ3n) is 4.98. The van der Waals surface area contributed by atoms with Gasteiger partial charge in [-0.2, -0.15) is 5.10 Å². The minimum Gasteiger partial charge on any atom is -0.494 e. The zero-order valence-electron chi connectivity index (χ0n) is 16.7. The fraction of sp³-hybridized carbons (Fsp3) is 0.273. The van der Waals surface area contributed by atoms with E-state index in [4.69, 9.17) is 4.74 Å². The summed E-state index contributed by atoms with van der Waals surface area (Å²) in [6.45, 7) is 3.69. The third-order valence-corrected chi connectivity index (χ3v) is 4.98. The highest BCUT2D eigenvalue weighted by Gasteiger charge is 2.28. The van der Waals surface area contributed by atoms with Crippen LogP contribution in [0.25, 0.3) is 0 Å². The van der Waals surface area contributed by atoms with Gasteiger partial charge >= 0.3 is 0 Å². The largest absolute Gasteiger partial charge is 0.494 e. The van der Waals surface area contributed by atoms with E-state index in [0.717, 1.165) is 17.0 Å². The Balaban J connectivity index is 1.43. The number of amides is 2. The average molecular weight is 405 g/mol. The molecule has 0 aliphatic carbocycles. The molecule has 0 saturated carbocycles. The van der Waals surface area contributed by atoms with Crippen molar-refractivity contribution in [1.29, 1.82) is 0 Å². The second-order valence-electron chi connectivity index (χ2n) is 6.97. The van der Waals surface area contributed by atoms with E-state index in [1.54, 1.807) is 23.2 Å². The van der Waals surface area contributed by atoms with Crippen LogP contribution in [-0.2, 0) is 19.5 Å². The first-order valence-electron chi connectivity index (χ1n) is 9.92. The molecular formula is C22H23N5O3. The fourth-order valence-electron chi connectivity index (χ4n) is 3.50. The molecule has 1 aliphatic heterocycles. The minimum atomic E-state index is -0.248. The first kappa shape index (κ1) is 19.6. The van der Waals surface area contributed by atoms with Crippen LogP contribution in [0.15, 0.2) is 48.7 Å². The minimum absolute atomic E-state index is 0.0713. The molecule has 2 amide bonds. The molecule has 8 heteroatoms. The molecule has 0 spiro atoms. The average Bonchev–Trinajstić information content (AvgIpc) is 3.21. The Labute approximate surface area is 174 Å². The summed E-state index contributed by atoms with van der Waals surface area (Å²) in [5.41, 5.74) is 3.39. The number of hydrogen-bond donors (Lipinski definition) is 2. The fourth-order valence-corrected chi connectivity index (χ4v) is 3.50. The second kappa shape index (κ2) is 8.77. The lowest BCUT2D eigenvalue weighted by Crippen LogP contribution is -2.36. The SMILES string of the molecule is CCOc1cccc(C(=O)N2CCc3c(C(=O)NCc4ccccn4)n[nH]c3C2)c1. The van der Waals surface area contributed by atoms with Crippen LogP contribution in [0.4, 0.5) is 0 Å². The molecule has 8 nitrogen and oxygen atoms in total. The topological polar surface area (TPSA) is 100 Å². The molecule has 0 unspecified atom stereocenters. The first-order valence-corrected chi connectivity index (χ1v) is 9.92. The summed E-state index contributed by atoms with van der Waals surface area (Å²) in [4.78, 5) is 31.4. The van der Waals surface area contributed by atoms with Gasteiger partial charge in [-0.15, -0.1) is 0 Å². The van der Waals surface area contributed by atoms with Gasteiger partial charge in [0.2, 0.25) is 0 Å². The number of carbonyl (C=O) groups excluding carboxylic acids is 2. The maximum Gasteiger partial charge on any atom is 0.272 e. The van der Waals surface area contributed by atoms with E-state index in [2.05, 4.69) is 20.5 Å². The van der Waals surface area contributed by atoms with E-state index in [-0.39, 0.29) is 11.8 Å². The van der Waals surface area contributed by atoms with Crippen molar-refractivity contribution in [3.05, 3.63) is 76.9 Å². The lowest BCUT2D eigenvalue weighted by Gasteiger charge is -2.27. The highest BCUT2D eigenvalue weighted by atomic mass is 16.5. The zero-order chi connectivity index (χ0) is 20.9. The van der Waals surface area contributed by atoms with Crippen LogP contribution >= 0.6 is 0 Å². The first-order chi connectivity index (χ1) is 14.7. The Morgan fingerprint density at radius 2 is 2.13 bits per heavy atom. The van der Waals surface area contributed by atoms with Gasteiger partial charge in [0.15, 0.2) is 5.69 Å². The van der Waals surface area contributed by atoms with E-state index >= 15 is 0 Å². The Bertz CT molecular complexity index is 1050. The molecule has 3 heterocycles. The number of aromatic amines is 1. The van der Waals surface area contributed by atoms with Crippen LogP contribution in [0.3, 0.4) is 0 Å². The summed E-state index contributed by atoms with van der Waals surface area (Å²) in [6, 6.07) is 12.7. The van der Waals surface area contributed by atoms with Crippen molar-refractivity contribution in [1.82, 2.24) is 25.4 Å². The molecule has 1 aliphatic rings. The van der Waals surface area contributed by atoms with E-state index in [9.17, 15) is 9.59 Å². The number of ether oxygens (including phenoxy) is 1. The van der Waals surface area contributed by atoms with Gasteiger partial charge < -0.3 is 15.0 Å². The van der Waals surface area contributed by atoms with E-state index in [0.29, 0.717) is 49.7 Å². The van der Waals surface area contributed by atoms with Crippen LogP contribution in [0.5, 0.6) is 5.75 Å². The summed E-state index contributed by atoms with van der Waals surface area (Å²) in [7, 11) is 0. The number of carbonyl (C=O) groups is 2. The number of fused-ring (bicyclic) bond motifs is 1. The van der Waals surface area contributed by atoms with Crippen molar-refractivity contribution in [3.63, 3.8) is 0 Å². The molecule has 30 heavy (non-hydrogen) atoms. The van der Waals surface area contributed by atoms with Crippen LogP contribution in [0.2, 0.25) is 0 Å². The Morgan fingerprint density at radius 1 is 1.23 bits per heavy atom.